The number of nitrogens with zero attached hydrogens (tertiary/aromatic N) is 1. The number of imidazole rings is 1. The van der Waals surface area contributed by atoms with Crippen LogP contribution in [0.3, 0.4) is 0 Å². The monoisotopic (exact) mass is 354 g/mol. The fraction of sp³-hybridized carbons (Fsp3) is 0.0714. The van der Waals surface area contributed by atoms with Gasteiger partial charge in [-0.2, -0.15) is 0 Å². The molecule has 2 aromatic carbocycles. The van der Waals surface area contributed by atoms with Crippen molar-refractivity contribution < 1.29 is 8.78 Å². The Morgan fingerprint density at radius 2 is 1.95 bits per heavy atom. The van der Waals surface area contributed by atoms with Crippen LogP contribution in [0.5, 0.6) is 0 Å². The van der Waals surface area contributed by atoms with Crippen molar-refractivity contribution in [1.82, 2.24) is 9.55 Å². The lowest BCUT2D eigenvalue weighted by atomic mass is 10.2. The molecule has 0 radical (unpaired) electrons. The summed E-state index contributed by atoms with van der Waals surface area (Å²) in [6.07, 6.45) is 0. The molecule has 1 N–H and O–H groups in total. The van der Waals surface area contributed by atoms with Gasteiger partial charge in [-0.1, -0.05) is 6.07 Å². The van der Waals surface area contributed by atoms with Crippen molar-refractivity contribution in [2.45, 2.75) is 6.92 Å². The normalized spacial score (nSPS) is 11.2. The molecule has 2 nitrogen and oxygen atoms in total. The van der Waals surface area contributed by atoms with Crippen molar-refractivity contribution in [3.05, 3.63) is 56.8 Å². The average Bonchev–Trinajstić information content (AvgIpc) is 2.69. The van der Waals surface area contributed by atoms with Crippen LogP contribution >= 0.6 is 28.1 Å². The zero-order valence-electron chi connectivity index (χ0n) is 10.4. The number of nitrogens with one attached hydrogen (secondary N) is 1. The van der Waals surface area contributed by atoms with E-state index in [1.54, 1.807) is 4.57 Å². The van der Waals surface area contributed by atoms with Crippen molar-refractivity contribution >= 4 is 39.2 Å². The van der Waals surface area contributed by atoms with Gasteiger partial charge in [0, 0.05) is 16.6 Å². The number of rotatable bonds is 1. The molecule has 20 heavy (non-hydrogen) atoms. The molecule has 0 spiro atoms. The molecule has 0 unspecified atom stereocenters. The summed E-state index contributed by atoms with van der Waals surface area (Å²) in [7, 11) is 0. The number of aromatic amines is 1. The Morgan fingerprint density at radius 3 is 2.70 bits per heavy atom. The Labute approximate surface area is 127 Å². The van der Waals surface area contributed by atoms with Gasteiger partial charge in [-0.05, 0) is 52.8 Å². The molecule has 0 saturated heterocycles. The van der Waals surface area contributed by atoms with E-state index in [1.807, 2.05) is 25.1 Å². The standard InChI is InChI=1S/C14H9BrF2N2S/c1-7-2-3-9(15)11(4-7)19-12-6-8(16)5-10(17)13(12)18-14(19)20/h2-6H,1H3,(H,18,20). The number of benzene rings is 2. The van der Waals surface area contributed by atoms with Gasteiger partial charge in [0.2, 0.25) is 0 Å². The van der Waals surface area contributed by atoms with Crippen LogP contribution in [0.1, 0.15) is 5.56 Å². The van der Waals surface area contributed by atoms with Crippen molar-refractivity contribution in [3.8, 4) is 5.69 Å². The SMILES string of the molecule is Cc1ccc(Br)c(-n2c(=S)[nH]c3c(F)cc(F)cc32)c1. The molecule has 0 fully saturated rings. The first-order valence-electron chi connectivity index (χ1n) is 5.83. The third-order valence-electron chi connectivity index (χ3n) is 3.05. The summed E-state index contributed by atoms with van der Waals surface area (Å²) < 4.78 is 30.0. The topological polar surface area (TPSA) is 20.7 Å². The number of aromatic nitrogens is 2. The van der Waals surface area contributed by atoms with Crippen molar-refractivity contribution in [2.75, 3.05) is 0 Å². The highest BCUT2D eigenvalue weighted by atomic mass is 79.9. The van der Waals surface area contributed by atoms with Gasteiger partial charge < -0.3 is 4.98 Å². The van der Waals surface area contributed by atoms with E-state index in [-0.39, 0.29) is 5.52 Å². The molecular weight excluding hydrogens is 346 g/mol. The Balaban J connectivity index is 2.45. The lowest BCUT2D eigenvalue weighted by Gasteiger charge is -2.08. The van der Waals surface area contributed by atoms with E-state index >= 15 is 0 Å². The van der Waals surface area contributed by atoms with Crippen LogP contribution in [0.4, 0.5) is 8.78 Å². The molecule has 102 valence electrons. The van der Waals surface area contributed by atoms with Gasteiger partial charge in [0.05, 0.1) is 11.2 Å². The largest absolute Gasteiger partial charge is 0.328 e. The van der Waals surface area contributed by atoms with E-state index < -0.39 is 11.6 Å². The second-order valence-electron chi connectivity index (χ2n) is 4.50. The molecule has 3 aromatic rings. The number of halogens is 3. The van der Waals surface area contributed by atoms with Gasteiger partial charge in [-0.25, -0.2) is 8.78 Å². The van der Waals surface area contributed by atoms with Crippen molar-refractivity contribution in [2.24, 2.45) is 0 Å². The van der Waals surface area contributed by atoms with Crippen LogP contribution in [-0.4, -0.2) is 9.55 Å². The van der Waals surface area contributed by atoms with Crippen LogP contribution in [0.15, 0.2) is 34.8 Å². The number of fused-ring (bicyclic) bond motifs is 1. The molecule has 1 aromatic heterocycles. The third kappa shape index (κ3) is 2.09. The van der Waals surface area contributed by atoms with Gasteiger partial charge in [0.25, 0.3) is 0 Å². The number of hydrogen-bond donors (Lipinski definition) is 1. The molecule has 6 heteroatoms. The number of hydrogen-bond acceptors (Lipinski definition) is 1. The Kier molecular flexibility index (Phi) is 3.22. The highest BCUT2D eigenvalue weighted by molar-refractivity contribution is 9.10. The summed E-state index contributed by atoms with van der Waals surface area (Å²) in [6.45, 7) is 1.94. The lowest BCUT2D eigenvalue weighted by molar-refractivity contribution is 0.590. The van der Waals surface area contributed by atoms with Crippen LogP contribution in [-0.2, 0) is 0 Å². The van der Waals surface area contributed by atoms with E-state index in [4.69, 9.17) is 12.2 Å². The first-order chi connectivity index (χ1) is 9.47. The minimum atomic E-state index is -0.659. The third-order valence-corrected chi connectivity index (χ3v) is 4.01. The lowest BCUT2D eigenvalue weighted by Crippen LogP contribution is -1.96. The van der Waals surface area contributed by atoms with Gasteiger partial charge in [-0.3, -0.25) is 4.57 Å². The van der Waals surface area contributed by atoms with E-state index in [0.717, 1.165) is 21.8 Å². The molecule has 0 atom stereocenters. The van der Waals surface area contributed by atoms with Crippen LogP contribution in [0, 0.1) is 23.3 Å². The molecule has 0 aliphatic rings. The van der Waals surface area contributed by atoms with Gasteiger partial charge >= 0.3 is 0 Å². The van der Waals surface area contributed by atoms with E-state index in [0.29, 0.717) is 10.3 Å². The molecule has 0 bridgehead atoms. The fourth-order valence-electron chi connectivity index (χ4n) is 2.17. The summed E-state index contributed by atoms with van der Waals surface area (Å²) in [5.74, 6) is -1.30. The number of H-pyrrole nitrogens is 1. The van der Waals surface area contributed by atoms with E-state index in [2.05, 4.69) is 20.9 Å². The Morgan fingerprint density at radius 1 is 1.20 bits per heavy atom. The highest BCUT2D eigenvalue weighted by Crippen LogP contribution is 2.28. The maximum absolute atomic E-state index is 13.8. The molecule has 0 aliphatic carbocycles. The predicted octanol–water partition coefficient (Wildman–Crippen LogP) is 5.04. The molecule has 0 amide bonds. The summed E-state index contributed by atoms with van der Waals surface area (Å²) in [6, 6.07) is 7.81. The van der Waals surface area contributed by atoms with E-state index in [1.165, 1.54) is 6.07 Å². The minimum Gasteiger partial charge on any atom is -0.328 e. The quantitative estimate of drug-likeness (QED) is 0.607. The second-order valence-corrected chi connectivity index (χ2v) is 5.74. The smallest absolute Gasteiger partial charge is 0.182 e. The van der Waals surface area contributed by atoms with Gasteiger partial charge in [0.1, 0.15) is 11.3 Å². The van der Waals surface area contributed by atoms with Crippen molar-refractivity contribution in [1.29, 1.82) is 0 Å². The Hall–Kier alpha value is -1.53. The molecular formula is C14H9BrF2N2S. The maximum Gasteiger partial charge on any atom is 0.182 e. The summed E-state index contributed by atoms with van der Waals surface area (Å²) in [5, 5.41) is 0. The minimum absolute atomic E-state index is 0.199. The summed E-state index contributed by atoms with van der Waals surface area (Å²) >= 11 is 8.68. The molecule has 1 heterocycles. The number of aryl methyl sites for hydroxylation is 1. The van der Waals surface area contributed by atoms with Gasteiger partial charge in [-0.15, -0.1) is 0 Å². The summed E-state index contributed by atoms with van der Waals surface area (Å²) in [5.41, 5.74) is 2.34. The first-order valence-corrected chi connectivity index (χ1v) is 7.04. The van der Waals surface area contributed by atoms with Crippen LogP contribution in [0.25, 0.3) is 16.7 Å². The molecule has 3 rings (SSSR count). The fourth-order valence-corrected chi connectivity index (χ4v) is 2.89. The van der Waals surface area contributed by atoms with Crippen LogP contribution < -0.4 is 0 Å². The molecule has 0 saturated carbocycles. The predicted molar refractivity (Wildman–Crippen MR) is 80.8 cm³/mol. The highest BCUT2D eigenvalue weighted by Gasteiger charge is 2.14. The zero-order valence-corrected chi connectivity index (χ0v) is 12.8. The van der Waals surface area contributed by atoms with Crippen molar-refractivity contribution in [3.63, 3.8) is 0 Å². The van der Waals surface area contributed by atoms with Crippen LogP contribution in [0.2, 0.25) is 0 Å². The molecule has 0 aliphatic heterocycles. The zero-order chi connectivity index (χ0) is 14.4. The summed E-state index contributed by atoms with van der Waals surface area (Å²) in [4.78, 5) is 2.78. The first kappa shape index (κ1) is 13.5. The maximum atomic E-state index is 13.8. The van der Waals surface area contributed by atoms with E-state index in [9.17, 15) is 8.78 Å². The Bertz CT molecular complexity index is 883. The second kappa shape index (κ2) is 4.79. The van der Waals surface area contributed by atoms with Gasteiger partial charge in [0.15, 0.2) is 10.6 Å². The average molecular weight is 355 g/mol.